The molecule has 0 atom stereocenters. The summed E-state index contributed by atoms with van der Waals surface area (Å²) in [5.74, 6) is 0.345. The number of ether oxygens (including phenoxy) is 1. The van der Waals surface area contributed by atoms with Crippen LogP contribution in [0.4, 0.5) is 4.39 Å². The first-order valence-corrected chi connectivity index (χ1v) is 5.70. The van der Waals surface area contributed by atoms with E-state index in [-0.39, 0.29) is 12.6 Å². The minimum Gasteiger partial charge on any atom is -0.465 e. The number of carbonyl (C=O) groups is 1. The summed E-state index contributed by atoms with van der Waals surface area (Å²) in [6.07, 6.45) is 2.47. The van der Waals surface area contributed by atoms with Gasteiger partial charge in [0.05, 0.1) is 6.61 Å². The molecule has 15 heavy (non-hydrogen) atoms. The van der Waals surface area contributed by atoms with Gasteiger partial charge in [0.25, 0.3) is 0 Å². The summed E-state index contributed by atoms with van der Waals surface area (Å²) in [6, 6.07) is 0. The number of halogens is 1. The highest BCUT2D eigenvalue weighted by atomic mass is 19.1. The molecule has 1 saturated heterocycles. The molecule has 0 N–H and O–H groups in total. The average Bonchev–Trinajstić information content (AvgIpc) is 2.28. The smallest absolute Gasteiger partial charge is 0.305 e. The number of piperidine rings is 1. The molecule has 1 aliphatic heterocycles. The largest absolute Gasteiger partial charge is 0.465 e. The second-order valence-electron chi connectivity index (χ2n) is 4.01. The van der Waals surface area contributed by atoms with Crippen LogP contribution in [-0.2, 0) is 9.53 Å². The summed E-state index contributed by atoms with van der Waals surface area (Å²) in [5, 5.41) is 0. The summed E-state index contributed by atoms with van der Waals surface area (Å²) < 4.78 is 17.2. The topological polar surface area (TPSA) is 29.5 Å². The van der Waals surface area contributed by atoms with E-state index in [1.165, 1.54) is 0 Å². The van der Waals surface area contributed by atoms with E-state index < -0.39 is 0 Å². The lowest BCUT2D eigenvalue weighted by atomic mass is 9.98. The van der Waals surface area contributed by atoms with E-state index in [1.807, 2.05) is 0 Å². The number of nitrogens with zero attached hydrogens (tertiary/aromatic N) is 1. The summed E-state index contributed by atoms with van der Waals surface area (Å²) in [6.45, 7) is 4.47. The van der Waals surface area contributed by atoms with Crippen molar-refractivity contribution in [1.82, 2.24) is 4.90 Å². The van der Waals surface area contributed by atoms with E-state index >= 15 is 0 Å². The van der Waals surface area contributed by atoms with E-state index in [1.54, 1.807) is 6.92 Å². The van der Waals surface area contributed by atoms with Crippen LogP contribution in [0, 0.1) is 5.92 Å². The third-order valence-corrected chi connectivity index (χ3v) is 2.88. The Hall–Kier alpha value is -0.640. The Bertz CT molecular complexity index is 191. The first-order chi connectivity index (χ1) is 7.26. The molecule has 0 spiro atoms. The molecule has 0 radical (unpaired) electrons. The fourth-order valence-electron chi connectivity index (χ4n) is 1.81. The van der Waals surface area contributed by atoms with Crippen LogP contribution >= 0.6 is 0 Å². The van der Waals surface area contributed by atoms with Gasteiger partial charge in [-0.15, -0.1) is 0 Å². The van der Waals surface area contributed by atoms with Gasteiger partial charge in [-0.2, -0.15) is 0 Å². The predicted molar refractivity (Wildman–Crippen MR) is 56.4 cm³/mol. The second kappa shape index (κ2) is 6.77. The number of esters is 1. The first-order valence-electron chi connectivity index (χ1n) is 5.70. The SMILES string of the molecule is CCC(=O)OCC1CCN(CCF)CC1. The molecule has 1 fully saturated rings. The van der Waals surface area contributed by atoms with E-state index in [2.05, 4.69) is 4.90 Å². The Labute approximate surface area is 90.6 Å². The molecule has 0 aliphatic carbocycles. The summed E-state index contributed by atoms with van der Waals surface area (Å²) in [4.78, 5) is 13.1. The lowest BCUT2D eigenvalue weighted by Crippen LogP contribution is -2.36. The normalized spacial score (nSPS) is 19.1. The zero-order valence-corrected chi connectivity index (χ0v) is 9.38. The molecule has 4 heteroatoms. The standard InChI is InChI=1S/C11H20FNO2/c1-2-11(14)15-9-10-3-6-13(7-4-10)8-5-12/h10H,2-9H2,1H3. The fraction of sp³-hybridized carbons (Fsp3) is 0.909. The number of rotatable bonds is 5. The van der Waals surface area contributed by atoms with E-state index in [4.69, 9.17) is 4.74 Å². The molecule has 1 aliphatic rings. The highest BCUT2D eigenvalue weighted by Crippen LogP contribution is 2.17. The molecule has 3 nitrogen and oxygen atoms in total. The lowest BCUT2D eigenvalue weighted by molar-refractivity contribution is -0.145. The fourth-order valence-corrected chi connectivity index (χ4v) is 1.81. The lowest BCUT2D eigenvalue weighted by Gasteiger charge is -2.30. The summed E-state index contributed by atoms with van der Waals surface area (Å²) >= 11 is 0. The maximum Gasteiger partial charge on any atom is 0.305 e. The van der Waals surface area contributed by atoms with Gasteiger partial charge in [-0.1, -0.05) is 6.92 Å². The van der Waals surface area contributed by atoms with Crippen LogP contribution in [0.5, 0.6) is 0 Å². The van der Waals surface area contributed by atoms with Crippen LogP contribution in [0.3, 0.4) is 0 Å². The van der Waals surface area contributed by atoms with Crippen molar-refractivity contribution in [2.24, 2.45) is 5.92 Å². The Balaban J connectivity index is 2.12. The highest BCUT2D eigenvalue weighted by Gasteiger charge is 2.19. The molecule has 0 aromatic heterocycles. The van der Waals surface area contributed by atoms with Gasteiger partial charge in [-0.25, -0.2) is 4.39 Å². The van der Waals surface area contributed by atoms with Crippen LogP contribution in [0.25, 0.3) is 0 Å². The Morgan fingerprint density at radius 3 is 2.67 bits per heavy atom. The third kappa shape index (κ3) is 4.60. The van der Waals surface area contributed by atoms with Crippen molar-refractivity contribution in [2.75, 3.05) is 32.9 Å². The molecule has 1 rings (SSSR count). The first kappa shape index (κ1) is 12.4. The summed E-state index contributed by atoms with van der Waals surface area (Å²) in [7, 11) is 0. The molecule has 0 unspecified atom stereocenters. The number of likely N-dealkylation sites (tertiary alicyclic amines) is 1. The molecule has 0 amide bonds. The maximum absolute atomic E-state index is 12.1. The van der Waals surface area contributed by atoms with Crippen LogP contribution < -0.4 is 0 Å². The van der Waals surface area contributed by atoms with Crippen molar-refractivity contribution in [3.63, 3.8) is 0 Å². The van der Waals surface area contributed by atoms with Gasteiger partial charge in [0.1, 0.15) is 6.67 Å². The Morgan fingerprint density at radius 2 is 2.13 bits per heavy atom. The van der Waals surface area contributed by atoms with Crippen molar-refractivity contribution >= 4 is 5.97 Å². The van der Waals surface area contributed by atoms with E-state index in [0.717, 1.165) is 25.9 Å². The van der Waals surface area contributed by atoms with Crippen molar-refractivity contribution in [1.29, 1.82) is 0 Å². The quantitative estimate of drug-likeness (QED) is 0.655. The van der Waals surface area contributed by atoms with Crippen molar-refractivity contribution in [3.8, 4) is 0 Å². The summed E-state index contributed by atoms with van der Waals surface area (Å²) in [5.41, 5.74) is 0. The van der Waals surface area contributed by atoms with Gasteiger partial charge < -0.3 is 9.64 Å². The minimum atomic E-state index is -0.268. The van der Waals surface area contributed by atoms with Gasteiger partial charge in [0.15, 0.2) is 0 Å². The second-order valence-corrected chi connectivity index (χ2v) is 4.01. The molecule has 0 saturated carbocycles. The van der Waals surface area contributed by atoms with Gasteiger partial charge in [0.2, 0.25) is 0 Å². The van der Waals surface area contributed by atoms with Gasteiger partial charge in [-0.05, 0) is 31.8 Å². The zero-order valence-electron chi connectivity index (χ0n) is 9.38. The monoisotopic (exact) mass is 217 g/mol. The number of carbonyl (C=O) groups excluding carboxylic acids is 1. The Morgan fingerprint density at radius 1 is 1.47 bits per heavy atom. The van der Waals surface area contributed by atoms with Crippen molar-refractivity contribution in [3.05, 3.63) is 0 Å². The number of alkyl halides is 1. The number of hydrogen-bond acceptors (Lipinski definition) is 3. The van der Waals surface area contributed by atoms with E-state index in [9.17, 15) is 9.18 Å². The minimum absolute atomic E-state index is 0.124. The molecular weight excluding hydrogens is 197 g/mol. The predicted octanol–water partition coefficient (Wildman–Crippen LogP) is 1.62. The number of hydrogen-bond donors (Lipinski definition) is 0. The van der Waals surface area contributed by atoms with E-state index in [0.29, 0.717) is 25.5 Å². The van der Waals surface area contributed by atoms with Crippen molar-refractivity contribution < 1.29 is 13.9 Å². The highest BCUT2D eigenvalue weighted by molar-refractivity contribution is 5.68. The third-order valence-electron chi connectivity index (χ3n) is 2.88. The van der Waals surface area contributed by atoms with Crippen LogP contribution in [-0.4, -0.2) is 43.8 Å². The van der Waals surface area contributed by atoms with Gasteiger partial charge in [0, 0.05) is 13.0 Å². The van der Waals surface area contributed by atoms with Gasteiger partial charge >= 0.3 is 5.97 Å². The molecular formula is C11H20FNO2. The van der Waals surface area contributed by atoms with Crippen LogP contribution in [0.15, 0.2) is 0 Å². The van der Waals surface area contributed by atoms with Gasteiger partial charge in [-0.3, -0.25) is 4.79 Å². The van der Waals surface area contributed by atoms with Crippen LogP contribution in [0.2, 0.25) is 0 Å². The molecule has 88 valence electrons. The molecule has 0 bridgehead atoms. The molecule has 1 heterocycles. The molecule has 0 aromatic carbocycles. The van der Waals surface area contributed by atoms with Crippen LogP contribution in [0.1, 0.15) is 26.2 Å². The molecule has 0 aromatic rings. The Kier molecular flexibility index (Phi) is 5.61. The zero-order chi connectivity index (χ0) is 11.1. The maximum atomic E-state index is 12.1. The van der Waals surface area contributed by atoms with Crippen molar-refractivity contribution in [2.45, 2.75) is 26.2 Å². The average molecular weight is 217 g/mol.